The van der Waals surface area contributed by atoms with Gasteiger partial charge >= 0.3 is 5.97 Å². The van der Waals surface area contributed by atoms with E-state index in [2.05, 4.69) is 0 Å². The maximum atomic E-state index is 12.6. The van der Waals surface area contributed by atoms with Gasteiger partial charge in [-0.05, 0) is 80.8 Å². The molecule has 0 fully saturated rings. The predicted molar refractivity (Wildman–Crippen MR) is 100 cm³/mol. The van der Waals surface area contributed by atoms with Crippen LogP contribution in [0.4, 0.5) is 0 Å². The van der Waals surface area contributed by atoms with Crippen molar-refractivity contribution in [3.05, 3.63) is 64.2 Å². The first kappa shape index (κ1) is 19.2. The summed E-state index contributed by atoms with van der Waals surface area (Å²) in [5, 5.41) is 18.9. The van der Waals surface area contributed by atoms with Gasteiger partial charge in [-0.1, -0.05) is 6.08 Å². The number of ether oxygens (including phenoxy) is 1. The summed E-state index contributed by atoms with van der Waals surface area (Å²) in [4.78, 5) is 23.7. The normalized spacial score (nSPS) is 11.1. The highest BCUT2D eigenvalue weighted by Gasteiger charge is 2.15. The van der Waals surface area contributed by atoms with Crippen molar-refractivity contribution in [2.75, 3.05) is 0 Å². The number of hydrogen-bond donors (Lipinski definition) is 2. The number of allylic oxidation sites excluding steroid dienone is 1. The molecule has 0 saturated carbocycles. The molecule has 2 aromatic rings. The average Bonchev–Trinajstić information content (AvgIpc) is 2.56. The van der Waals surface area contributed by atoms with Crippen LogP contribution in [-0.2, 0) is 0 Å². The Kier molecular flexibility index (Phi) is 5.82. The third kappa shape index (κ3) is 4.51. The molecule has 0 unspecified atom stereocenters. The maximum Gasteiger partial charge on any atom is 0.335 e. The van der Waals surface area contributed by atoms with Crippen molar-refractivity contribution in [1.29, 1.82) is 0 Å². The van der Waals surface area contributed by atoms with Crippen molar-refractivity contribution >= 4 is 17.8 Å². The van der Waals surface area contributed by atoms with E-state index in [0.717, 1.165) is 16.7 Å². The molecule has 0 aliphatic rings. The molecule has 0 atom stereocenters. The Labute approximate surface area is 152 Å². The van der Waals surface area contributed by atoms with Gasteiger partial charge in [0.1, 0.15) is 11.5 Å². The lowest BCUT2D eigenvalue weighted by atomic mass is 10.0. The van der Waals surface area contributed by atoms with E-state index < -0.39 is 5.97 Å². The number of aromatic hydroxyl groups is 1. The molecular formula is C21H22O5. The number of aryl methyl sites for hydroxylation is 2. The number of carboxylic acids is 1. The van der Waals surface area contributed by atoms with Gasteiger partial charge in [-0.2, -0.15) is 0 Å². The van der Waals surface area contributed by atoms with Gasteiger partial charge in [0.15, 0.2) is 5.78 Å². The molecule has 0 aliphatic carbocycles. The largest absolute Gasteiger partial charge is 0.507 e. The molecule has 0 spiro atoms. The first-order valence-electron chi connectivity index (χ1n) is 8.25. The smallest absolute Gasteiger partial charge is 0.335 e. The molecule has 0 amide bonds. The third-order valence-corrected chi connectivity index (χ3v) is 3.80. The molecule has 5 heteroatoms. The highest BCUT2D eigenvalue weighted by Crippen LogP contribution is 2.25. The number of aromatic carboxylic acids is 1. The Bertz CT molecular complexity index is 855. The highest BCUT2D eigenvalue weighted by molar-refractivity contribution is 6.09. The third-order valence-electron chi connectivity index (χ3n) is 3.80. The van der Waals surface area contributed by atoms with E-state index in [-0.39, 0.29) is 28.9 Å². The lowest BCUT2D eigenvalue weighted by molar-refractivity contribution is 0.0695. The topological polar surface area (TPSA) is 83.8 Å². The first-order valence-corrected chi connectivity index (χ1v) is 8.25. The number of carbonyl (C=O) groups is 2. The number of phenolic OH excluding ortho intramolecular Hbond substituents is 1. The monoisotopic (exact) mass is 354 g/mol. The van der Waals surface area contributed by atoms with E-state index in [1.165, 1.54) is 24.3 Å². The fourth-order valence-corrected chi connectivity index (χ4v) is 2.56. The first-order chi connectivity index (χ1) is 12.2. The summed E-state index contributed by atoms with van der Waals surface area (Å²) < 4.78 is 5.61. The molecular weight excluding hydrogens is 332 g/mol. The summed E-state index contributed by atoms with van der Waals surface area (Å²) in [6, 6.07) is 7.77. The zero-order chi connectivity index (χ0) is 19.4. The van der Waals surface area contributed by atoms with Gasteiger partial charge in [-0.15, -0.1) is 0 Å². The summed E-state index contributed by atoms with van der Waals surface area (Å²) in [5.41, 5.74) is 2.61. The number of benzene rings is 2. The van der Waals surface area contributed by atoms with Gasteiger partial charge in [0.25, 0.3) is 0 Å². The Hall–Kier alpha value is -3.08. The van der Waals surface area contributed by atoms with E-state index in [0.29, 0.717) is 5.56 Å². The van der Waals surface area contributed by atoms with Crippen LogP contribution in [-0.4, -0.2) is 28.1 Å². The van der Waals surface area contributed by atoms with Crippen LogP contribution in [0, 0.1) is 13.8 Å². The molecule has 136 valence electrons. The maximum absolute atomic E-state index is 12.6. The minimum Gasteiger partial charge on any atom is -0.507 e. The molecule has 0 aromatic heterocycles. The molecule has 0 saturated heterocycles. The van der Waals surface area contributed by atoms with Crippen LogP contribution in [0.25, 0.3) is 6.08 Å². The lowest BCUT2D eigenvalue weighted by Gasteiger charge is -2.13. The second-order valence-electron chi connectivity index (χ2n) is 6.38. The molecule has 5 nitrogen and oxygen atoms in total. The van der Waals surface area contributed by atoms with Crippen LogP contribution in [0.5, 0.6) is 11.5 Å². The van der Waals surface area contributed by atoms with E-state index >= 15 is 0 Å². The minimum atomic E-state index is -1.08. The summed E-state index contributed by atoms with van der Waals surface area (Å²) in [6.45, 7) is 7.19. The number of carboxylic acid groups (broad SMARTS) is 1. The van der Waals surface area contributed by atoms with Crippen molar-refractivity contribution in [3.63, 3.8) is 0 Å². The van der Waals surface area contributed by atoms with Gasteiger partial charge in [-0.3, -0.25) is 4.79 Å². The van der Waals surface area contributed by atoms with Gasteiger partial charge < -0.3 is 14.9 Å². The van der Waals surface area contributed by atoms with Crippen molar-refractivity contribution < 1.29 is 24.5 Å². The minimum absolute atomic E-state index is 0.0611. The van der Waals surface area contributed by atoms with Crippen molar-refractivity contribution in [2.45, 2.75) is 33.8 Å². The molecule has 0 aliphatic heterocycles. The Morgan fingerprint density at radius 1 is 1.08 bits per heavy atom. The molecule has 26 heavy (non-hydrogen) atoms. The standard InChI is InChI=1S/C21H22O5/c1-12(2)26-19-11-16(21(24)25)6-7-17(19)18(22)8-5-15-9-13(3)20(23)14(4)10-15/h5-12,23H,1-4H3,(H,24,25)/b8-5+. The number of hydrogen-bond acceptors (Lipinski definition) is 4. The lowest BCUT2D eigenvalue weighted by Crippen LogP contribution is -2.10. The Morgan fingerprint density at radius 3 is 2.23 bits per heavy atom. The summed E-state index contributed by atoms with van der Waals surface area (Å²) in [6.07, 6.45) is 2.87. The van der Waals surface area contributed by atoms with Crippen molar-refractivity contribution in [3.8, 4) is 11.5 Å². The number of phenols is 1. The molecule has 2 N–H and O–H groups in total. The molecule has 2 rings (SSSR count). The quantitative estimate of drug-likeness (QED) is 0.594. The van der Waals surface area contributed by atoms with Crippen LogP contribution in [0.3, 0.4) is 0 Å². The molecule has 0 radical (unpaired) electrons. The molecule has 2 aromatic carbocycles. The van der Waals surface area contributed by atoms with Crippen LogP contribution >= 0.6 is 0 Å². The van der Waals surface area contributed by atoms with Crippen LogP contribution in [0.15, 0.2) is 36.4 Å². The van der Waals surface area contributed by atoms with Gasteiger partial charge in [-0.25, -0.2) is 4.79 Å². The number of ketones is 1. The van der Waals surface area contributed by atoms with Crippen molar-refractivity contribution in [1.82, 2.24) is 0 Å². The Balaban J connectivity index is 2.35. The van der Waals surface area contributed by atoms with E-state index in [4.69, 9.17) is 9.84 Å². The van der Waals surface area contributed by atoms with Gasteiger partial charge in [0.05, 0.1) is 17.2 Å². The van der Waals surface area contributed by atoms with Crippen LogP contribution < -0.4 is 4.74 Å². The Morgan fingerprint density at radius 2 is 1.69 bits per heavy atom. The average molecular weight is 354 g/mol. The SMILES string of the molecule is Cc1cc(/C=C/C(=O)c2ccc(C(=O)O)cc2OC(C)C)cc(C)c1O. The summed E-state index contributed by atoms with van der Waals surface area (Å²) in [5.74, 6) is -0.887. The fraction of sp³-hybridized carbons (Fsp3) is 0.238. The summed E-state index contributed by atoms with van der Waals surface area (Å²) >= 11 is 0. The number of carbonyl (C=O) groups excluding carboxylic acids is 1. The highest BCUT2D eigenvalue weighted by atomic mass is 16.5. The van der Waals surface area contributed by atoms with Gasteiger partial charge in [0.2, 0.25) is 0 Å². The number of rotatable bonds is 6. The molecule has 0 heterocycles. The van der Waals surface area contributed by atoms with Crippen molar-refractivity contribution in [2.24, 2.45) is 0 Å². The second kappa shape index (κ2) is 7.87. The second-order valence-corrected chi connectivity index (χ2v) is 6.38. The van der Waals surface area contributed by atoms with E-state index in [1.807, 2.05) is 0 Å². The van der Waals surface area contributed by atoms with Crippen LogP contribution in [0.2, 0.25) is 0 Å². The van der Waals surface area contributed by atoms with Crippen LogP contribution in [0.1, 0.15) is 51.3 Å². The van der Waals surface area contributed by atoms with E-state index in [1.54, 1.807) is 45.9 Å². The van der Waals surface area contributed by atoms with E-state index in [9.17, 15) is 14.7 Å². The summed E-state index contributed by atoms with van der Waals surface area (Å²) in [7, 11) is 0. The molecule has 0 bridgehead atoms. The zero-order valence-corrected chi connectivity index (χ0v) is 15.2. The predicted octanol–water partition coefficient (Wildman–Crippen LogP) is 4.39. The fourth-order valence-electron chi connectivity index (χ4n) is 2.56. The van der Waals surface area contributed by atoms with Gasteiger partial charge in [0, 0.05) is 0 Å². The zero-order valence-electron chi connectivity index (χ0n) is 15.2.